The number of aliphatic hydroxyl groups excluding tert-OH is 1. The van der Waals surface area contributed by atoms with Crippen LogP contribution in [0.2, 0.25) is 0 Å². The van der Waals surface area contributed by atoms with Crippen LogP contribution in [0.1, 0.15) is 16.7 Å². The zero-order chi connectivity index (χ0) is 15.2. The van der Waals surface area contributed by atoms with Crippen molar-refractivity contribution in [3.8, 4) is 5.75 Å². The summed E-state index contributed by atoms with van der Waals surface area (Å²) in [5.41, 5.74) is 2.95. The fourth-order valence-electron chi connectivity index (χ4n) is 2.44. The van der Waals surface area contributed by atoms with E-state index in [4.69, 9.17) is 4.74 Å². The number of methoxy groups -OCH3 is 1. The third kappa shape index (κ3) is 4.05. The predicted octanol–water partition coefficient (Wildman–Crippen LogP) is 3.54. The molecular weight excluding hydrogens is 267 g/mol. The van der Waals surface area contributed by atoms with Gasteiger partial charge in [-0.05, 0) is 42.9 Å². The van der Waals surface area contributed by atoms with Crippen LogP contribution in [0.4, 0.5) is 4.39 Å². The topological polar surface area (TPSA) is 29.5 Å². The van der Waals surface area contributed by atoms with Gasteiger partial charge in [-0.1, -0.05) is 42.0 Å². The molecule has 1 unspecified atom stereocenters. The highest BCUT2D eigenvalue weighted by atomic mass is 19.1. The first-order chi connectivity index (χ1) is 10.1. The van der Waals surface area contributed by atoms with Crippen molar-refractivity contribution < 1.29 is 14.2 Å². The lowest BCUT2D eigenvalue weighted by Crippen LogP contribution is -2.14. The van der Waals surface area contributed by atoms with E-state index in [1.54, 1.807) is 18.2 Å². The second-order valence-electron chi connectivity index (χ2n) is 5.38. The standard InChI is InChI=1S/C18H21FO2/c1-13-6-8-14(9-7-13)10-15(12-20)11-16-4-3-5-17(21-2)18(16)19/h3-9,15,20H,10-12H2,1-2H3. The second kappa shape index (κ2) is 7.23. The van der Waals surface area contributed by atoms with E-state index in [1.165, 1.54) is 12.7 Å². The van der Waals surface area contributed by atoms with E-state index < -0.39 is 0 Å². The average Bonchev–Trinajstić information content (AvgIpc) is 2.50. The van der Waals surface area contributed by atoms with Crippen molar-refractivity contribution in [3.05, 3.63) is 65.0 Å². The van der Waals surface area contributed by atoms with Gasteiger partial charge in [0.2, 0.25) is 0 Å². The van der Waals surface area contributed by atoms with Gasteiger partial charge in [-0.15, -0.1) is 0 Å². The maximum absolute atomic E-state index is 14.2. The first-order valence-electron chi connectivity index (χ1n) is 7.11. The normalized spacial score (nSPS) is 12.2. The molecule has 0 aliphatic rings. The van der Waals surface area contributed by atoms with Gasteiger partial charge in [0.15, 0.2) is 11.6 Å². The predicted molar refractivity (Wildman–Crippen MR) is 82.1 cm³/mol. The lowest BCUT2D eigenvalue weighted by molar-refractivity contribution is 0.223. The van der Waals surface area contributed by atoms with Gasteiger partial charge in [0.25, 0.3) is 0 Å². The average molecular weight is 288 g/mol. The number of rotatable bonds is 6. The molecule has 0 radical (unpaired) electrons. The number of halogens is 1. The molecule has 0 bridgehead atoms. The number of aryl methyl sites for hydroxylation is 1. The van der Waals surface area contributed by atoms with Gasteiger partial charge in [-0.3, -0.25) is 0 Å². The van der Waals surface area contributed by atoms with Crippen LogP contribution in [0.15, 0.2) is 42.5 Å². The molecule has 0 heterocycles. The summed E-state index contributed by atoms with van der Waals surface area (Å²) in [5, 5.41) is 9.57. The van der Waals surface area contributed by atoms with Crippen molar-refractivity contribution >= 4 is 0 Å². The highest BCUT2D eigenvalue weighted by Crippen LogP contribution is 2.23. The largest absolute Gasteiger partial charge is 0.494 e. The first kappa shape index (κ1) is 15.5. The molecule has 0 fully saturated rings. The third-order valence-corrected chi connectivity index (χ3v) is 3.67. The van der Waals surface area contributed by atoms with Gasteiger partial charge in [0.1, 0.15) is 0 Å². The molecule has 21 heavy (non-hydrogen) atoms. The Kier molecular flexibility index (Phi) is 5.34. The second-order valence-corrected chi connectivity index (χ2v) is 5.38. The van der Waals surface area contributed by atoms with Crippen molar-refractivity contribution in [2.24, 2.45) is 5.92 Å². The Hall–Kier alpha value is -1.87. The monoisotopic (exact) mass is 288 g/mol. The van der Waals surface area contributed by atoms with Crippen molar-refractivity contribution in [2.75, 3.05) is 13.7 Å². The molecule has 0 aromatic heterocycles. The first-order valence-corrected chi connectivity index (χ1v) is 7.11. The number of hydrogen-bond donors (Lipinski definition) is 1. The van der Waals surface area contributed by atoms with Crippen molar-refractivity contribution in [1.29, 1.82) is 0 Å². The van der Waals surface area contributed by atoms with Crippen molar-refractivity contribution in [3.63, 3.8) is 0 Å². The SMILES string of the molecule is COc1cccc(CC(CO)Cc2ccc(C)cc2)c1F. The fraction of sp³-hybridized carbons (Fsp3) is 0.333. The lowest BCUT2D eigenvalue weighted by Gasteiger charge is -2.16. The van der Waals surface area contributed by atoms with Crippen LogP contribution in [0.5, 0.6) is 5.75 Å². The molecule has 3 heteroatoms. The molecule has 1 N–H and O–H groups in total. The Morgan fingerprint density at radius 3 is 2.43 bits per heavy atom. The van der Waals surface area contributed by atoms with Crippen molar-refractivity contribution in [2.45, 2.75) is 19.8 Å². The van der Waals surface area contributed by atoms with Gasteiger partial charge in [-0.25, -0.2) is 4.39 Å². The number of aliphatic hydroxyl groups is 1. The Morgan fingerprint density at radius 2 is 1.81 bits per heavy atom. The van der Waals surface area contributed by atoms with E-state index in [1.807, 2.05) is 6.92 Å². The maximum atomic E-state index is 14.2. The highest BCUT2D eigenvalue weighted by Gasteiger charge is 2.15. The molecule has 0 aliphatic carbocycles. The van der Waals surface area contributed by atoms with Gasteiger partial charge < -0.3 is 9.84 Å². The van der Waals surface area contributed by atoms with Crippen LogP contribution >= 0.6 is 0 Å². The van der Waals surface area contributed by atoms with E-state index in [9.17, 15) is 9.50 Å². The van der Waals surface area contributed by atoms with Gasteiger partial charge in [0.05, 0.1) is 7.11 Å². The Balaban J connectivity index is 2.10. The minimum Gasteiger partial charge on any atom is -0.494 e. The number of benzene rings is 2. The summed E-state index contributed by atoms with van der Waals surface area (Å²) >= 11 is 0. The molecule has 0 spiro atoms. The molecule has 1 atom stereocenters. The number of ether oxygens (including phenoxy) is 1. The molecule has 2 nitrogen and oxygen atoms in total. The molecule has 2 aromatic carbocycles. The van der Waals surface area contributed by atoms with Crippen LogP contribution in [0.25, 0.3) is 0 Å². The summed E-state index contributed by atoms with van der Waals surface area (Å²) in [6.07, 6.45) is 1.22. The van der Waals surface area contributed by atoms with E-state index in [0.29, 0.717) is 12.0 Å². The van der Waals surface area contributed by atoms with E-state index in [2.05, 4.69) is 24.3 Å². The Morgan fingerprint density at radius 1 is 1.10 bits per heavy atom. The maximum Gasteiger partial charge on any atom is 0.168 e. The molecular formula is C18H21FO2. The quantitative estimate of drug-likeness (QED) is 0.881. The summed E-state index contributed by atoms with van der Waals surface area (Å²) in [4.78, 5) is 0. The molecule has 0 aliphatic heterocycles. The minimum absolute atomic E-state index is 0.00527. The van der Waals surface area contributed by atoms with Crippen LogP contribution in [-0.2, 0) is 12.8 Å². The lowest BCUT2D eigenvalue weighted by atomic mass is 9.92. The van der Waals surface area contributed by atoms with Crippen LogP contribution in [0.3, 0.4) is 0 Å². The van der Waals surface area contributed by atoms with E-state index in [0.717, 1.165) is 12.0 Å². The third-order valence-electron chi connectivity index (χ3n) is 3.67. The molecule has 2 aromatic rings. The molecule has 0 amide bonds. The van der Waals surface area contributed by atoms with Crippen LogP contribution in [-0.4, -0.2) is 18.8 Å². The van der Waals surface area contributed by atoms with E-state index >= 15 is 0 Å². The minimum atomic E-state index is -0.331. The zero-order valence-electron chi connectivity index (χ0n) is 12.5. The number of hydrogen-bond acceptors (Lipinski definition) is 2. The summed E-state index contributed by atoms with van der Waals surface area (Å²) in [5.74, 6) is -0.0869. The Bertz CT molecular complexity index is 578. The summed E-state index contributed by atoms with van der Waals surface area (Å²) in [6, 6.07) is 13.3. The molecule has 112 valence electrons. The molecule has 2 rings (SSSR count). The molecule has 0 saturated heterocycles. The van der Waals surface area contributed by atoms with Crippen molar-refractivity contribution in [1.82, 2.24) is 0 Å². The van der Waals surface area contributed by atoms with Gasteiger partial charge in [-0.2, -0.15) is 0 Å². The summed E-state index contributed by atoms with van der Waals surface area (Å²) < 4.78 is 19.1. The van der Waals surface area contributed by atoms with E-state index in [-0.39, 0.29) is 24.1 Å². The molecule has 0 saturated carbocycles. The van der Waals surface area contributed by atoms with Crippen LogP contribution in [0, 0.1) is 18.7 Å². The smallest absolute Gasteiger partial charge is 0.168 e. The van der Waals surface area contributed by atoms with Crippen LogP contribution < -0.4 is 4.74 Å². The Labute approximate surface area is 125 Å². The summed E-state index contributed by atoms with van der Waals surface area (Å²) in [7, 11) is 1.46. The van der Waals surface area contributed by atoms with Gasteiger partial charge in [0, 0.05) is 6.61 Å². The fourth-order valence-corrected chi connectivity index (χ4v) is 2.44. The highest BCUT2D eigenvalue weighted by molar-refractivity contribution is 5.31. The van der Waals surface area contributed by atoms with Gasteiger partial charge >= 0.3 is 0 Å². The zero-order valence-corrected chi connectivity index (χ0v) is 12.5. The summed E-state index contributed by atoms with van der Waals surface area (Å²) in [6.45, 7) is 2.07.